The molecule has 4 heteroatoms. The highest BCUT2D eigenvalue weighted by molar-refractivity contribution is 6.41. The monoisotopic (exact) mass is 370 g/mol. The van der Waals surface area contributed by atoms with Gasteiger partial charge in [0.15, 0.2) is 5.66 Å². The summed E-state index contributed by atoms with van der Waals surface area (Å²) in [4.78, 5) is 14.4. The molecule has 3 aliphatic rings. The maximum atomic E-state index is 6.19. The molecule has 2 aliphatic carbocycles. The molecular formula is C24H26N4. The summed E-state index contributed by atoms with van der Waals surface area (Å²) in [6.45, 7) is 3.81. The number of benzene rings is 1. The number of hydrogen-bond acceptors (Lipinski definition) is 4. The number of hydrogen-bond donors (Lipinski definition) is 1. The third-order valence-electron chi connectivity index (χ3n) is 6.39. The van der Waals surface area contributed by atoms with Crippen LogP contribution in [0.1, 0.15) is 57.2 Å². The minimum absolute atomic E-state index is 0. The zero-order valence-electron chi connectivity index (χ0n) is 15.7. The average Bonchev–Trinajstić information content (AvgIpc) is 3.09. The lowest BCUT2D eigenvalue weighted by Gasteiger charge is -2.47. The molecule has 1 aromatic carbocycles. The van der Waals surface area contributed by atoms with Crippen LogP contribution >= 0.6 is 0 Å². The van der Waals surface area contributed by atoms with Crippen LogP contribution < -0.4 is 5.73 Å². The first kappa shape index (κ1) is 18.4. The molecule has 142 valence electrons. The first-order chi connectivity index (χ1) is 13.1. The fourth-order valence-electron chi connectivity index (χ4n) is 4.89. The van der Waals surface area contributed by atoms with Gasteiger partial charge in [0, 0.05) is 34.5 Å². The Hall–Kier alpha value is -2.93. The Labute approximate surface area is 167 Å². The Kier molecular flexibility index (Phi) is 4.15. The molecule has 2 N–H and O–H groups in total. The van der Waals surface area contributed by atoms with Crippen molar-refractivity contribution >= 4 is 11.5 Å². The molecule has 0 amide bonds. The third kappa shape index (κ3) is 2.36. The summed E-state index contributed by atoms with van der Waals surface area (Å²) < 4.78 is 0. The van der Waals surface area contributed by atoms with Crippen LogP contribution in [-0.2, 0) is 12.1 Å². The van der Waals surface area contributed by atoms with Gasteiger partial charge in [0.2, 0.25) is 0 Å². The first-order valence-corrected chi connectivity index (χ1v) is 9.51. The van der Waals surface area contributed by atoms with E-state index in [2.05, 4.69) is 41.1 Å². The van der Waals surface area contributed by atoms with E-state index in [1.807, 2.05) is 20.0 Å². The van der Waals surface area contributed by atoms with Crippen molar-refractivity contribution in [2.75, 3.05) is 0 Å². The second-order valence-corrected chi connectivity index (χ2v) is 7.89. The lowest BCUT2D eigenvalue weighted by atomic mass is 9.61. The molecule has 1 saturated carbocycles. The van der Waals surface area contributed by atoms with Crippen molar-refractivity contribution in [3.8, 4) is 23.0 Å². The topological polar surface area (TPSA) is 63.6 Å². The van der Waals surface area contributed by atoms with Crippen molar-refractivity contribution < 1.29 is 0 Å². The van der Waals surface area contributed by atoms with Crippen molar-refractivity contribution in [2.45, 2.75) is 52.6 Å². The highest BCUT2D eigenvalue weighted by Gasteiger charge is 2.62. The molecule has 5 rings (SSSR count). The van der Waals surface area contributed by atoms with Crippen molar-refractivity contribution in [2.24, 2.45) is 21.1 Å². The predicted octanol–water partition coefficient (Wildman–Crippen LogP) is 4.47. The van der Waals surface area contributed by atoms with Crippen LogP contribution in [-0.4, -0.2) is 16.5 Å². The summed E-state index contributed by atoms with van der Waals surface area (Å²) in [6.07, 6.45) is 8.29. The molecule has 1 fully saturated rings. The summed E-state index contributed by atoms with van der Waals surface area (Å²) in [6, 6.07) is 8.77. The molecule has 1 aliphatic heterocycles. The second kappa shape index (κ2) is 6.31. The molecular weight excluding hydrogens is 344 g/mol. The standard InChI is InChI=1S/C23H22N4.CH4/c1-3-5-16-10-19(14-25-13-16)17-6-7-18-12-22(8-4-9-22)23(20(18)11-17)26-15(2)21(24)27-23;/h6-7,10-11,13-14H,4,8-9,12H2,1-2H3,(H2,24,27);1H4. The fourth-order valence-corrected chi connectivity index (χ4v) is 4.89. The van der Waals surface area contributed by atoms with Gasteiger partial charge in [0.25, 0.3) is 0 Å². The lowest BCUT2D eigenvalue weighted by Crippen LogP contribution is -2.44. The molecule has 1 aromatic heterocycles. The zero-order chi connectivity index (χ0) is 18.6. The van der Waals surface area contributed by atoms with Crippen LogP contribution in [0, 0.1) is 17.3 Å². The van der Waals surface area contributed by atoms with E-state index in [4.69, 9.17) is 15.7 Å². The molecule has 2 spiro atoms. The van der Waals surface area contributed by atoms with E-state index in [0.29, 0.717) is 5.84 Å². The first-order valence-electron chi connectivity index (χ1n) is 9.51. The Balaban J connectivity index is 0.00000192. The Morgan fingerprint density at radius 2 is 1.89 bits per heavy atom. The Morgan fingerprint density at radius 3 is 2.54 bits per heavy atom. The van der Waals surface area contributed by atoms with E-state index in [9.17, 15) is 0 Å². The molecule has 2 aromatic rings. The number of aliphatic imine (C=N–C) groups is 2. The average molecular weight is 371 g/mol. The van der Waals surface area contributed by atoms with Crippen LogP contribution in [0.5, 0.6) is 0 Å². The molecule has 0 radical (unpaired) electrons. The number of pyridine rings is 1. The molecule has 0 bridgehead atoms. The van der Waals surface area contributed by atoms with Crippen molar-refractivity contribution in [3.63, 3.8) is 0 Å². The van der Waals surface area contributed by atoms with E-state index in [0.717, 1.165) is 41.7 Å². The van der Waals surface area contributed by atoms with Crippen LogP contribution in [0.25, 0.3) is 11.1 Å². The lowest BCUT2D eigenvalue weighted by molar-refractivity contribution is 0.0475. The molecule has 4 nitrogen and oxygen atoms in total. The molecule has 1 atom stereocenters. The van der Waals surface area contributed by atoms with Crippen LogP contribution in [0.2, 0.25) is 0 Å². The van der Waals surface area contributed by atoms with Crippen molar-refractivity contribution in [3.05, 3.63) is 53.3 Å². The molecule has 0 saturated heterocycles. The SMILES string of the molecule is C.CC#Cc1cncc(-c2ccc3c(c2)C2(N=C(C)C(N)=N2)C2(CCC2)C3)c1. The van der Waals surface area contributed by atoms with Gasteiger partial charge in [0.1, 0.15) is 5.84 Å². The van der Waals surface area contributed by atoms with E-state index >= 15 is 0 Å². The van der Waals surface area contributed by atoms with Gasteiger partial charge >= 0.3 is 0 Å². The van der Waals surface area contributed by atoms with Crippen molar-refractivity contribution in [1.29, 1.82) is 0 Å². The fraction of sp³-hybridized carbons (Fsp3) is 0.375. The minimum Gasteiger partial charge on any atom is -0.382 e. The van der Waals surface area contributed by atoms with E-state index in [-0.39, 0.29) is 12.8 Å². The van der Waals surface area contributed by atoms with E-state index in [1.165, 1.54) is 17.5 Å². The zero-order valence-corrected chi connectivity index (χ0v) is 15.7. The summed E-state index contributed by atoms with van der Waals surface area (Å²) >= 11 is 0. The molecule has 1 unspecified atom stereocenters. The van der Waals surface area contributed by atoms with E-state index < -0.39 is 5.66 Å². The van der Waals surface area contributed by atoms with Crippen molar-refractivity contribution in [1.82, 2.24) is 4.98 Å². The summed E-state index contributed by atoms with van der Waals surface area (Å²) in [5.41, 5.74) is 12.3. The highest BCUT2D eigenvalue weighted by Crippen LogP contribution is 2.64. The van der Waals surface area contributed by atoms with Gasteiger partial charge in [-0.25, -0.2) is 4.99 Å². The Bertz CT molecular complexity index is 1060. The number of aromatic nitrogens is 1. The second-order valence-electron chi connectivity index (χ2n) is 7.89. The normalized spacial score (nSPS) is 23.2. The van der Waals surface area contributed by atoms with E-state index in [1.54, 1.807) is 6.20 Å². The van der Waals surface area contributed by atoms with Crippen LogP contribution in [0.15, 0.2) is 46.6 Å². The smallest absolute Gasteiger partial charge is 0.184 e. The number of fused-ring (bicyclic) bond motifs is 3. The maximum absolute atomic E-state index is 6.19. The summed E-state index contributed by atoms with van der Waals surface area (Å²) in [5.74, 6) is 6.61. The summed E-state index contributed by atoms with van der Waals surface area (Å²) in [5, 5.41) is 0. The number of nitrogens with zero attached hydrogens (tertiary/aromatic N) is 3. The third-order valence-corrected chi connectivity index (χ3v) is 6.39. The number of rotatable bonds is 1. The number of nitrogens with two attached hydrogens (primary N) is 1. The Morgan fingerprint density at radius 1 is 1.07 bits per heavy atom. The van der Waals surface area contributed by atoms with Gasteiger partial charge in [-0.05, 0) is 56.4 Å². The molecule has 2 heterocycles. The van der Waals surface area contributed by atoms with Gasteiger partial charge in [-0.1, -0.05) is 31.9 Å². The van der Waals surface area contributed by atoms with Gasteiger partial charge in [0.05, 0.1) is 5.71 Å². The van der Waals surface area contributed by atoms with Gasteiger partial charge < -0.3 is 5.73 Å². The van der Waals surface area contributed by atoms with Crippen LogP contribution in [0.3, 0.4) is 0 Å². The highest BCUT2D eigenvalue weighted by atomic mass is 15.2. The number of amidine groups is 1. The van der Waals surface area contributed by atoms with Gasteiger partial charge in [-0.3, -0.25) is 9.98 Å². The quantitative estimate of drug-likeness (QED) is 0.753. The minimum atomic E-state index is -0.529. The summed E-state index contributed by atoms with van der Waals surface area (Å²) in [7, 11) is 0. The maximum Gasteiger partial charge on any atom is 0.184 e. The van der Waals surface area contributed by atoms with Gasteiger partial charge in [-0.2, -0.15) is 0 Å². The van der Waals surface area contributed by atoms with Crippen LogP contribution in [0.4, 0.5) is 0 Å². The molecule has 28 heavy (non-hydrogen) atoms. The van der Waals surface area contributed by atoms with Gasteiger partial charge in [-0.15, -0.1) is 5.92 Å². The predicted molar refractivity (Wildman–Crippen MR) is 115 cm³/mol. The largest absolute Gasteiger partial charge is 0.382 e.